The van der Waals surface area contributed by atoms with Gasteiger partial charge in [0, 0.05) is 10.9 Å². The molecule has 1 heterocycles. The molecule has 0 unspecified atom stereocenters. The summed E-state index contributed by atoms with van der Waals surface area (Å²) < 4.78 is 0.885. The minimum atomic E-state index is -0.717. The van der Waals surface area contributed by atoms with E-state index in [1.54, 1.807) is 0 Å². The molecule has 0 atom stereocenters. The molecule has 0 aliphatic rings. The van der Waals surface area contributed by atoms with Crippen LogP contribution in [0.5, 0.6) is 5.88 Å². The van der Waals surface area contributed by atoms with Crippen LogP contribution in [-0.4, -0.2) is 15.1 Å². The summed E-state index contributed by atoms with van der Waals surface area (Å²) in [6.07, 6.45) is 0.247. The number of halogens is 1. The third-order valence-corrected chi connectivity index (χ3v) is 2.78. The van der Waals surface area contributed by atoms with Gasteiger partial charge in [0.05, 0.1) is 5.56 Å². The minimum absolute atomic E-state index is 0.141. The lowest BCUT2D eigenvalue weighted by molar-refractivity contribution is 0.441. The Bertz CT molecular complexity index is 660. The zero-order valence-corrected chi connectivity index (χ0v) is 10.2. The van der Waals surface area contributed by atoms with E-state index in [2.05, 4.69) is 25.9 Å². The van der Waals surface area contributed by atoms with Gasteiger partial charge >= 0.3 is 5.69 Å². The van der Waals surface area contributed by atoms with Crippen molar-refractivity contribution >= 4 is 15.9 Å². The summed E-state index contributed by atoms with van der Waals surface area (Å²) in [5.74, 6) is -0.390. The van der Waals surface area contributed by atoms with E-state index >= 15 is 0 Å². The summed E-state index contributed by atoms with van der Waals surface area (Å²) in [5, 5.41) is 9.52. The number of aromatic hydroxyl groups is 1. The van der Waals surface area contributed by atoms with E-state index in [0.717, 1.165) is 10.0 Å². The highest BCUT2D eigenvalue weighted by molar-refractivity contribution is 9.10. The van der Waals surface area contributed by atoms with Crippen LogP contribution in [0.2, 0.25) is 0 Å². The van der Waals surface area contributed by atoms with E-state index < -0.39 is 17.1 Å². The standard InChI is InChI=1S/C11H9BrN2O3/c12-7-3-1-2-6(4-7)5-8-9(15)13-11(17)14-10(8)16/h1-4H,5H2,(H3,13,14,15,16,17). The average Bonchev–Trinajstić information content (AvgIpc) is 2.23. The second-order valence-corrected chi connectivity index (χ2v) is 4.46. The lowest BCUT2D eigenvalue weighted by Crippen LogP contribution is -2.25. The second kappa shape index (κ2) is 4.58. The lowest BCUT2D eigenvalue weighted by atomic mass is 10.1. The molecule has 3 N–H and O–H groups in total. The molecular weight excluding hydrogens is 288 g/mol. The van der Waals surface area contributed by atoms with Crippen molar-refractivity contribution in [1.29, 1.82) is 0 Å². The third-order valence-electron chi connectivity index (χ3n) is 2.29. The van der Waals surface area contributed by atoms with Crippen molar-refractivity contribution < 1.29 is 5.11 Å². The second-order valence-electron chi connectivity index (χ2n) is 3.54. The quantitative estimate of drug-likeness (QED) is 0.776. The van der Waals surface area contributed by atoms with Gasteiger partial charge in [-0.25, -0.2) is 4.79 Å². The van der Waals surface area contributed by atoms with Crippen LogP contribution in [-0.2, 0) is 6.42 Å². The summed E-state index contributed by atoms with van der Waals surface area (Å²) in [5.41, 5.74) is -0.299. The molecule has 0 saturated carbocycles. The molecule has 17 heavy (non-hydrogen) atoms. The topological polar surface area (TPSA) is 85.9 Å². The van der Waals surface area contributed by atoms with E-state index in [9.17, 15) is 14.7 Å². The molecule has 0 spiro atoms. The number of benzene rings is 1. The van der Waals surface area contributed by atoms with Gasteiger partial charge in [0.15, 0.2) is 0 Å². The molecule has 0 fully saturated rings. The first kappa shape index (κ1) is 11.7. The summed E-state index contributed by atoms with van der Waals surface area (Å²) >= 11 is 3.32. The average molecular weight is 297 g/mol. The largest absolute Gasteiger partial charge is 0.494 e. The smallest absolute Gasteiger partial charge is 0.328 e. The Balaban J connectivity index is 2.43. The number of hydrogen-bond donors (Lipinski definition) is 3. The molecule has 0 saturated heterocycles. The highest BCUT2D eigenvalue weighted by atomic mass is 79.9. The van der Waals surface area contributed by atoms with Crippen LogP contribution in [0.25, 0.3) is 0 Å². The Morgan fingerprint density at radius 1 is 1.24 bits per heavy atom. The van der Waals surface area contributed by atoms with E-state index in [1.165, 1.54) is 0 Å². The molecule has 6 heteroatoms. The molecule has 0 bridgehead atoms. The van der Waals surface area contributed by atoms with E-state index in [1.807, 2.05) is 24.3 Å². The van der Waals surface area contributed by atoms with Crippen LogP contribution in [0.1, 0.15) is 11.1 Å². The first-order valence-corrected chi connectivity index (χ1v) is 5.64. The zero-order chi connectivity index (χ0) is 12.4. The van der Waals surface area contributed by atoms with Gasteiger partial charge in [-0.05, 0) is 17.7 Å². The first-order valence-electron chi connectivity index (χ1n) is 4.85. The van der Waals surface area contributed by atoms with E-state index in [4.69, 9.17) is 0 Å². The molecule has 2 rings (SSSR count). The highest BCUT2D eigenvalue weighted by Crippen LogP contribution is 2.16. The van der Waals surface area contributed by atoms with Gasteiger partial charge in [-0.15, -0.1) is 0 Å². The Hall–Kier alpha value is -1.82. The number of aromatic nitrogens is 2. The Kier molecular flexibility index (Phi) is 3.14. The fourth-order valence-electron chi connectivity index (χ4n) is 1.52. The number of H-pyrrole nitrogens is 2. The maximum atomic E-state index is 11.5. The molecule has 5 nitrogen and oxygen atoms in total. The predicted molar refractivity (Wildman–Crippen MR) is 66.3 cm³/mol. The number of rotatable bonds is 2. The van der Waals surface area contributed by atoms with Crippen molar-refractivity contribution in [1.82, 2.24) is 9.97 Å². The molecule has 1 aromatic heterocycles. The van der Waals surface area contributed by atoms with Gasteiger partial charge in [-0.2, -0.15) is 0 Å². The fraction of sp³-hybridized carbons (Fsp3) is 0.0909. The van der Waals surface area contributed by atoms with Gasteiger partial charge in [-0.3, -0.25) is 14.8 Å². The highest BCUT2D eigenvalue weighted by Gasteiger charge is 2.09. The lowest BCUT2D eigenvalue weighted by Gasteiger charge is -2.03. The summed E-state index contributed by atoms with van der Waals surface area (Å²) in [6, 6.07) is 7.36. The van der Waals surface area contributed by atoms with E-state index in [0.29, 0.717) is 0 Å². The van der Waals surface area contributed by atoms with Crippen LogP contribution in [0.4, 0.5) is 0 Å². The molecule has 0 aliphatic heterocycles. The Labute approximate surface area is 104 Å². The van der Waals surface area contributed by atoms with Gasteiger partial charge < -0.3 is 5.11 Å². The van der Waals surface area contributed by atoms with Gasteiger partial charge in [0.2, 0.25) is 5.88 Å². The molecule has 0 amide bonds. The maximum absolute atomic E-state index is 11.5. The predicted octanol–water partition coefficient (Wildman–Crippen LogP) is 1.12. The molecular formula is C11H9BrN2O3. The van der Waals surface area contributed by atoms with Crippen molar-refractivity contribution in [3.63, 3.8) is 0 Å². The van der Waals surface area contributed by atoms with Gasteiger partial charge in [0.1, 0.15) is 0 Å². The third kappa shape index (κ3) is 2.65. The molecule has 0 aliphatic carbocycles. The fourth-order valence-corrected chi connectivity index (χ4v) is 1.96. The molecule has 88 valence electrons. The van der Waals surface area contributed by atoms with Crippen LogP contribution < -0.4 is 11.2 Å². The normalized spacial score (nSPS) is 10.4. The minimum Gasteiger partial charge on any atom is -0.494 e. The van der Waals surface area contributed by atoms with Gasteiger partial charge in [-0.1, -0.05) is 28.1 Å². The van der Waals surface area contributed by atoms with Crippen LogP contribution in [0.3, 0.4) is 0 Å². The van der Waals surface area contributed by atoms with Crippen molar-refractivity contribution in [2.45, 2.75) is 6.42 Å². The van der Waals surface area contributed by atoms with Gasteiger partial charge in [0.25, 0.3) is 5.56 Å². The first-order chi connectivity index (χ1) is 8.06. The number of nitrogens with one attached hydrogen (secondary N) is 2. The number of aromatic amines is 2. The van der Waals surface area contributed by atoms with Crippen molar-refractivity contribution in [3.8, 4) is 5.88 Å². The summed E-state index contributed by atoms with van der Waals surface area (Å²) in [4.78, 5) is 26.6. The van der Waals surface area contributed by atoms with Crippen molar-refractivity contribution in [2.24, 2.45) is 0 Å². The molecule has 0 radical (unpaired) electrons. The van der Waals surface area contributed by atoms with Crippen LogP contribution >= 0.6 is 15.9 Å². The van der Waals surface area contributed by atoms with Crippen LogP contribution in [0.15, 0.2) is 38.3 Å². The Morgan fingerprint density at radius 3 is 2.65 bits per heavy atom. The SMILES string of the molecule is O=c1[nH]c(O)c(Cc2cccc(Br)c2)c(=O)[nH]1. The van der Waals surface area contributed by atoms with Crippen molar-refractivity contribution in [3.05, 3.63) is 60.7 Å². The van der Waals surface area contributed by atoms with E-state index in [-0.39, 0.29) is 12.0 Å². The zero-order valence-electron chi connectivity index (χ0n) is 8.66. The monoisotopic (exact) mass is 296 g/mol. The Morgan fingerprint density at radius 2 is 2.00 bits per heavy atom. The maximum Gasteiger partial charge on any atom is 0.328 e. The molecule has 1 aromatic carbocycles. The molecule has 2 aromatic rings. The summed E-state index contributed by atoms with van der Waals surface area (Å²) in [7, 11) is 0. The number of hydrogen-bond acceptors (Lipinski definition) is 3. The summed E-state index contributed by atoms with van der Waals surface area (Å²) in [6.45, 7) is 0. The van der Waals surface area contributed by atoms with Crippen molar-refractivity contribution in [2.75, 3.05) is 0 Å². The van der Waals surface area contributed by atoms with Crippen LogP contribution in [0, 0.1) is 0 Å².